The summed E-state index contributed by atoms with van der Waals surface area (Å²) >= 11 is 6.79. The van der Waals surface area contributed by atoms with E-state index in [0.29, 0.717) is 16.6 Å². The van der Waals surface area contributed by atoms with E-state index in [0.717, 1.165) is 36.1 Å². The third-order valence-electron chi connectivity index (χ3n) is 4.49. The van der Waals surface area contributed by atoms with E-state index in [2.05, 4.69) is 9.71 Å². The Morgan fingerprint density at radius 3 is 2.74 bits per heavy atom. The molecule has 0 radical (unpaired) electrons. The monoisotopic (exact) mass is 426 g/mol. The fraction of sp³-hybridized carbons (Fsp3) is 0.278. The number of rotatable bonds is 5. The normalized spacial score (nSPS) is 15.3. The van der Waals surface area contributed by atoms with Gasteiger partial charge in [0.25, 0.3) is 10.0 Å². The molecule has 2 aromatic heterocycles. The molecule has 5 nitrogen and oxygen atoms in total. The maximum absolute atomic E-state index is 13.2. The third kappa shape index (κ3) is 3.88. The number of nitrogens with zero attached hydrogens (tertiary/aromatic N) is 1. The molecule has 0 bridgehead atoms. The van der Waals surface area contributed by atoms with Crippen LogP contribution in [0.4, 0.5) is 10.1 Å². The molecule has 1 aliphatic rings. The average molecular weight is 427 g/mol. The van der Waals surface area contributed by atoms with Crippen molar-refractivity contribution in [1.82, 2.24) is 4.98 Å². The number of benzene rings is 1. The van der Waals surface area contributed by atoms with Crippen LogP contribution in [-0.2, 0) is 10.0 Å². The largest absolute Gasteiger partial charge is 0.440 e. The van der Waals surface area contributed by atoms with E-state index in [1.54, 1.807) is 12.3 Å². The Bertz CT molecular complexity index is 1070. The summed E-state index contributed by atoms with van der Waals surface area (Å²) < 4.78 is 46.8. The lowest BCUT2D eigenvalue weighted by atomic mass is 10.1. The molecule has 2 heterocycles. The lowest BCUT2D eigenvalue weighted by Gasteiger charge is -2.06. The van der Waals surface area contributed by atoms with Crippen LogP contribution in [0.1, 0.15) is 37.5 Å². The lowest BCUT2D eigenvalue weighted by molar-refractivity contribution is 0.458. The van der Waals surface area contributed by atoms with E-state index in [1.807, 2.05) is 0 Å². The lowest BCUT2D eigenvalue weighted by Crippen LogP contribution is -2.11. The second-order valence-electron chi connectivity index (χ2n) is 6.40. The Kier molecular flexibility index (Phi) is 4.96. The van der Waals surface area contributed by atoms with Crippen molar-refractivity contribution in [3.63, 3.8) is 0 Å². The minimum Gasteiger partial charge on any atom is -0.440 e. The van der Waals surface area contributed by atoms with Crippen molar-refractivity contribution < 1.29 is 17.2 Å². The van der Waals surface area contributed by atoms with Crippen molar-refractivity contribution in [3.05, 3.63) is 53.3 Å². The van der Waals surface area contributed by atoms with Gasteiger partial charge in [0.2, 0.25) is 0 Å². The van der Waals surface area contributed by atoms with Crippen molar-refractivity contribution in [1.29, 1.82) is 0 Å². The molecule has 3 aromatic rings. The number of nitrogens with one attached hydrogen (secondary N) is 1. The Hall–Kier alpha value is -1.90. The first kappa shape index (κ1) is 18.5. The van der Waals surface area contributed by atoms with Gasteiger partial charge in [0.05, 0.1) is 21.8 Å². The van der Waals surface area contributed by atoms with Crippen LogP contribution in [0.2, 0.25) is 5.02 Å². The fourth-order valence-electron chi connectivity index (χ4n) is 3.13. The van der Waals surface area contributed by atoms with Gasteiger partial charge in [-0.25, -0.2) is 17.8 Å². The van der Waals surface area contributed by atoms with E-state index >= 15 is 0 Å². The number of sulfonamides is 1. The summed E-state index contributed by atoms with van der Waals surface area (Å²) in [6.07, 6.45) is 6.16. The van der Waals surface area contributed by atoms with Gasteiger partial charge in [0, 0.05) is 5.92 Å². The zero-order valence-corrected chi connectivity index (χ0v) is 16.5. The summed E-state index contributed by atoms with van der Waals surface area (Å²) in [6, 6.07) is 6.85. The first-order chi connectivity index (χ1) is 12.9. The second kappa shape index (κ2) is 7.26. The molecule has 27 heavy (non-hydrogen) atoms. The van der Waals surface area contributed by atoms with Crippen LogP contribution < -0.4 is 4.72 Å². The number of thiophene rings is 1. The maximum Gasteiger partial charge on any atom is 0.271 e. The number of anilines is 1. The molecule has 1 aromatic carbocycles. The molecule has 4 rings (SSSR count). The SMILES string of the molecule is O=S(=O)(Nc1ccc(F)c(Cl)c1)c1ccc(-c2cnc(C3CCCC3)o2)s1. The third-order valence-corrected chi connectivity index (χ3v) is 7.75. The molecule has 1 N–H and O–H groups in total. The van der Waals surface area contributed by atoms with Crippen LogP contribution in [0.15, 0.2) is 45.2 Å². The standard InChI is InChI=1S/C18H16ClFN2O3S2/c19-13-9-12(5-6-14(13)20)22-27(23,24)17-8-7-16(26-17)15-10-21-18(25-15)11-3-1-2-4-11/h5-11,22H,1-4H2. The first-order valence-electron chi connectivity index (χ1n) is 8.46. The molecule has 0 atom stereocenters. The summed E-state index contributed by atoms with van der Waals surface area (Å²) in [4.78, 5) is 5.04. The quantitative estimate of drug-likeness (QED) is 0.571. The van der Waals surface area contributed by atoms with Crippen molar-refractivity contribution in [2.45, 2.75) is 35.8 Å². The van der Waals surface area contributed by atoms with Gasteiger partial charge in [-0.05, 0) is 43.2 Å². The van der Waals surface area contributed by atoms with Crippen LogP contribution >= 0.6 is 22.9 Å². The zero-order valence-electron chi connectivity index (χ0n) is 14.1. The molecule has 0 spiro atoms. The van der Waals surface area contributed by atoms with Gasteiger partial charge >= 0.3 is 0 Å². The minimum absolute atomic E-state index is 0.122. The van der Waals surface area contributed by atoms with Gasteiger partial charge in [-0.15, -0.1) is 11.3 Å². The molecule has 1 fully saturated rings. The number of halogens is 2. The predicted molar refractivity (Wildman–Crippen MR) is 103 cm³/mol. The smallest absolute Gasteiger partial charge is 0.271 e. The summed E-state index contributed by atoms with van der Waals surface area (Å²) in [7, 11) is -3.81. The van der Waals surface area contributed by atoms with Crippen molar-refractivity contribution in [3.8, 4) is 10.6 Å². The van der Waals surface area contributed by atoms with Gasteiger partial charge in [-0.3, -0.25) is 4.72 Å². The van der Waals surface area contributed by atoms with Crippen LogP contribution in [0, 0.1) is 5.82 Å². The molecule has 1 saturated carbocycles. The molecule has 142 valence electrons. The van der Waals surface area contributed by atoms with Gasteiger partial charge in [-0.2, -0.15) is 0 Å². The summed E-state index contributed by atoms with van der Waals surface area (Å²) in [6.45, 7) is 0. The van der Waals surface area contributed by atoms with Crippen LogP contribution in [0.3, 0.4) is 0 Å². The van der Waals surface area contributed by atoms with E-state index in [4.69, 9.17) is 16.0 Å². The molecule has 0 aliphatic heterocycles. The molecule has 9 heteroatoms. The van der Waals surface area contributed by atoms with E-state index in [-0.39, 0.29) is 14.9 Å². The number of hydrogen-bond acceptors (Lipinski definition) is 5. The molecule has 0 unspecified atom stereocenters. The van der Waals surface area contributed by atoms with Gasteiger partial charge in [0.1, 0.15) is 10.0 Å². The Labute approximate surface area is 165 Å². The Morgan fingerprint density at radius 2 is 2.00 bits per heavy atom. The van der Waals surface area contributed by atoms with Crippen LogP contribution in [0.25, 0.3) is 10.6 Å². The van der Waals surface area contributed by atoms with E-state index < -0.39 is 15.8 Å². The highest BCUT2D eigenvalue weighted by atomic mass is 35.5. The summed E-state index contributed by atoms with van der Waals surface area (Å²) in [5, 5.41) is -0.150. The topological polar surface area (TPSA) is 72.2 Å². The van der Waals surface area contributed by atoms with Gasteiger partial charge in [-0.1, -0.05) is 24.4 Å². The number of hydrogen-bond donors (Lipinski definition) is 1. The average Bonchev–Trinajstić information content (AvgIpc) is 3.38. The van der Waals surface area contributed by atoms with Crippen molar-refractivity contribution in [2.75, 3.05) is 4.72 Å². The predicted octanol–water partition coefficient (Wildman–Crippen LogP) is 5.65. The highest BCUT2D eigenvalue weighted by molar-refractivity contribution is 7.94. The van der Waals surface area contributed by atoms with Crippen LogP contribution in [-0.4, -0.2) is 13.4 Å². The Balaban J connectivity index is 1.55. The molecular weight excluding hydrogens is 411 g/mol. The van der Waals surface area contributed by atoms with Gasteiger partial charge < -0.3 is 4.42 Å². The van der Waals surface area contributed by atoms with E-state index in [9.17, 15) is 12.8 Å². The highest BCUT2D eigenvalue weighted by Gasteiger charge is 2.23. The molecule has 0 saturated heterocycles. The zero-order chi connectivity index (χ0) is 19.0. The molecular formula is C18H16ClFN2O3S2. The van der Waals surface area contributed by atoms with Gasteiger partial charge in [0.15, 0.2) is 11.7 Å². The van der Waals surface area contributed by atoms with E-state index in [1.165, 1.54) is 31.0 Å². The van der Waals surface area contributed by atoms with Crippen molar-refractivity contribution >= 4 is 38.6 Å². The summed E-state index contributed by atoms with van der Waals surface area (Å²) in [5.74, 6) is 1.03. The highest BCUT2D eigenvalue weighted by Crippen LogP contribution is 2.37. The first-order valence-corrected chi connectivity index (χ1v) is 11.1. The molecule has 0 amide bonds. The summed E-state index contributed by atoms with van der Waals surface area (Å²) in [5.41, 5.74) is 0.194. The molecule has 1 aliphatic carbocycles. The minimum atomic E-state index is -3.81. The fourth-order valence-corrected chi connectivity index (χ4v) is 5.61. The Morgan fingerprint density at radius 1 is 1.22 bits per heavy atom. The number of oxazole rings is 1. The van der Waals surface area contributed by atoms with Crippen LogP contribution in [0.5, 0.6) is 0 Å². The number of aromatic nitrogens is 1. The van der Waals surface area contributed by atoms with Crippen molar-refractivity contribution in [2.24, 2.45) is 0 Å². The second-order valence-corrected chi connectivity index (χ2v) is 9.80. The maximum atomic E-state index is 13.2.